The summed E-state index contributed by atoms with van der Waals surface area (Å²) >= 11 is 2.32. The largest absolute Gasteiger partial charge is 0.300 e. The van der Waals surface area contributed by atoms with E-state index in [0.29, 0.717) is 5.78 Å². The zero-order valence-corrected chi connectivity index (χ0v) is 9.50. The number of hydrogen-bond donors (Lipinski definition) is 0. The van der Waals surface area contributed by atoms with Crippen LogP contribution < -0.4 is 0 Å². The van der Waals surface area contributed by atoms with Crippen LogP contribution in [0.5, 0.6) is 0 Å². The number of halogens is 1. The lowest BCUT2D eigenvalue weighted by Gasteiger charge is -2.04. The highest BCUT2D eigenvalue weighted by Gasteiger charge is 2.12. The van der Waals surface area contributed by atoms with Crippen LogP contribution in [-0.2, 0) is 17.6 Å². The van der Waals surface area contributed by atoms with Gasteiger partial charge >= 0.3 is 0 Å². The third-order valence-corrected chi connectivity index (χ3v) is 3.19. The zero-order valence-electron chi connectivity index (χ0n) is 7.35. The maximum atomic E-state index is 11.2. The minimum Gasteiger partial charge on any atom is -0.300 e. The molecule has 68 valence electrons. The smallest absolute Gasteiger partial charge is 0.133 e. The lowest BCUT2D eigenvalue weighted by atomic mass is 10.0. The van der Waals surface area contributed by atoms with Crippen LogP contribution in [-0.4, -0.2) is 5.78 Å². The quantitative estimate of drug-likeness (QED) is 0.529. The van der Waals surface area contributed by atoms with E-state index in [1.54, 1.807) is 0 Å². The summed E-state index contributed by atoms with van der Waals surface area (Å²) in [6.45, 7) is 0. The molecule has 0 saturated heterocycles. The van der Waals surface area contributed by atoms with Crippen LogP contribution in [0.25, 0.3) is 0 Å². The van der Waals surface area contributed by atoms with Crippen molar-refractivity contribution in [3.63, 3.8) is 0 Å². The summed E-state index contributed by atoms with van der Waals surface area (Å²) < 4.78 is 1.27. The van der Waals surface area contributed by atoms with E-state index >= 15 is 0 Å². The summed E-state index contributed by atoms with van der Waals surface area (Å²) in [5.41, 5.74) is 2.74. The first-order valence-electron chi connectivity index (χ1n) is 4.55. The first kappa shape index (κ1) is 9.19. The molecule has 1 aromatic rings. The second-order valence-electron chi connectivity index (χ2n) is 3.45. The van der Waals surface area contributed by atoms with E-state index in [2.05, 4.69) is 40.8 Å². The normalized spacial score (nSPS) is 16.5. The van der Waals surface area contributed by atoms with Crippen LogP contribution in [0.15, 0.2) is 18.2 Å². The Hall–Kier alpha value is -0.380. The molecular formula is C11H11IO. The topological polar surface area (TPSA) is 17.1 Å². The molecule has 0 bridgehead atoms. The van der Waals surface area contributed by atoms with Crippen molar-refractivity contribution in [1.82, 2.24) is 0 Å². The minimum absolute atomic E-state index is 0.409. The number of rotatable bonds is 0. The average Bonchev–Trinajstić information content (AvgIpc) is 2.29. The van der Waals surface area contributed by atoms with E-state index in [1.807, 2.05) is 0 Å². The van der Waals surface area contributed by atoms with Crippen LogP contribution in [0.1, 0.15) is 24.0 Å². The lowest BCUT2D eigenvalue weighted by molar-refractivity contribution is -0.118. The molecule has 1 aliphatic carbocycles. The van der Waals surface area contributed by atoms with Gasteiger partial charge in [0.1, 0.15) is 5.78 Å². The average molecular weight is 286 g/mol. The van der Waals surface area contributed by atoms with Gasteiger partial charge in [-0.25, -0.2) is 0 Å². The van der Waals surface area contributed by atoms with Gasteiger partial charge in [0.25, 0.3) is 0 Å². The van der Waals surface area contributed by atoms with Gasteiger partial charge in [-0.3, -0.25) is 4.79 Å². The third-order valence-electron chi connectivity index (χ3n) is 2.51. The van der Waals surface area contributed by atoms with Crippen molar-refractivity contribution in [1.29, 1.82) is 0 Å². The van der Waals surface area contributed by atoms with Crippen molar-refractivity contribution in [3.05, 3.63) is 32.9 Å². The molecule has 0 spiro atoms. The maximum absolute atomic E-state index is 11.2. The van der Waals surface area contributed by atoms with Crippen molar-refractivity contribution < 1.29 is 4.79 Å². The molecule has 0 radical (unpaired) electrons. The number of carbonyl (C=O) groups excluding carboxylic acids is 1. The number of carbonyl (C=O) groups is 1. The van der Waals surface area contributed by atoms with Crippen molar-refractivity contribution in [2.75, 3.05) is 0 Å². The molecule has 0 atom stereocenters. The van der Waals surface area contributed by atoms with Crippen molar-refractivity contribution >= 4 is 28.4 Å². The van der Waals surface area contributed by atoms with Crippen LogP contribution in [0, 0.1) is 3.57 Å². The van der Waals surface area contributed by atoms with E-state index in [9.17, 15) is 4.79 Å². The standard InChI is InChI=1S/C11H11IO/c12-10-4-1-8-2-5-11(13)6-3-9(8)7-10/h1,4,7H,2-3,5-6H2. The molecule has 0 fully saturated rings. The van der Waals surface area contributed by atoms with Crippen LogP contribution in [0.3, 0.4) is 0 Å². The highest BCUT2D eigenvalue weighted by molar-refractivity contribution is 14.1. The van der Waals surface area contributed by atoms with E-state index in [1.165, 1.54) is 14.7 Å². The number of aryl methyl sites for hydroxylation is 2. The maximum Gasteiger partial charge on any atom is 0.133 e. The number of hydrogen-bond acceptors (Lipinski definition) is 1. The van der Waals surface area contributed by atoms with Crippen molar-refractivity contribution in [2.45, 2.75) is 25.7 Å². The third kappa shape index (κ3) is 2.10. The zero-order chi connectivity index (χ0) is 9.26. The molecule has 1 nitrogen and oxygen atoms in total. The van der Waals surface area contributed by atoms with Crippen LogP contribution >= 0.6 is 22.6 Å². The van der Waals surface area contributed by atoms with E-state index in [-0.39, 0.29) is 0 Å². The Balaban J connectivity index is 2.35. The second kappa shape index (κ2) is 3.78. The Kier molecular flexibility index (Phi) is 2.67. The minimum atomic E-state index is 0.409. The van der Waals surface area contributed by atoms with Crippen LogP contribution in [0.4, 0.5) is 0 Å². The molecule has 0 unspecified atom stereocenters. The molecule has 2 rings (SSSR count). The Morgan fingerprint density at radius 2 is 1.69 bits per heavy atom. The monoisotopic (exact) mass is 286 g/mol. The summed E-state index contributed by atoms with van der Waals surface area (Å²) in [6, 6.07) is 6.49. The Morgan fingerprint density at radius 1 is 1.00 bits per heavy atom. The van der Waals surface area contributed by atoms with E-state index < -0.39 is 0 Å². The molecule has 0 aromatic heterocycles. The predicted molar refractivity (Wildman–Crippen MR) is 60.8 cm³/mol. The first-order chi connectivity index (χ1) is 6.25. The van der Waals surface area contributed by atoms with Crippen molar-refractivity contribution in [3.8, 4) is 0 Å². The number of ketones is 1. The Labute approximate surface area is 91.7 Å². The van der Waals surface area contributed by atoms with Gasteiger partial charge in [-0.2, -0.15) is 0 Å². The summed E-state index contributed by atoms with van der Waals surface area (Å²) in [6.07, 6.45) is 3.33. The fourth-order valence-electron chi connectivity index (χ4n) is 1.74. The molecule has 0 N–H and O–H groups in total. The molecule has 1 aliphatic rings. The molecular weight excluding hydrogens is 275 g/mol. The summed E-state index contributed by atoms with van der Waals surface area (Å²) in [5, 5.41) is 0. The van der Waals surface area contributed by atoms with Gasteiger partial charge < -0.3 is 0 Å². The summed E-state index contributed by atoms with van der Waals surface area (Å²) in [4.78, 5) is 11.2. The Morgan fingerprint density at radius 3 is 2.46 bits per heavy atom. The molecule has 0 amide bonds. The number of Topliss-reactive ketones (excluding diaryl/α,β-unsaturated/α-hetero) is 1. The molecule has 1 aromatic carbocycles. The van der Waals surface area contributed by atoms with Gasteiger partial charge in [-0.15, -0.1) is 0 Å². The Bertz CT molecular complexity index is 344. The second-order valence-corrected chi connectivity index (χ2v) is 4.70. The molecule has 0 saturated carbocycles. The fourth-order valence-corrected chi connectivity index (χ4v) is 2.30. The first-order valence-corrected chi connectivity index (χ1v) is 5.62. The van der Waals surface area contributed by atoms with Gasteiger partial charge in [0.05, 0.1) is 0 Å². The van der Waals surface area contributed by atoms with Gasteiger partial charge in [0, 0.05) is 16.4 Å². The van der Waals surface area contributed by atoms with Crippen LogP contribution in [0.2, 0.25) is 0 Å². The van der Waals surface area contributed by atoms with E-state index in [4.69, 9.17) is 0 Å². The highest BCUT2D eigenvalue weighted by Crippen LogP contribution is 2.20. The van der Waals surface area contributed by atoms with Gasteiger partial charge in [-0.1, -0.05) is 6.07 Å². The van der Waals surface area contributed by atoms with Gasteiger partial charge in [0.2, 0.25) is 0 Å². The van der Waals surface area contributed by atoms with Gasteiger partial charge in [-0.05, 0) is 58.7 Å². The highest BCUT2D eigenvalue weighted by atomic mass is 127. The summed E-state index contributed by atoms with van der Waals surface area (Å²) in [5.74, 6) is 0.409. The fraction of sp³-hybridized carbons (Fsp3) is 0.364. The predicted octanol–water partition coefficient (Wildman–Crippen LogP) is 2.74. The number of benzene rings is 1. The SMILES string of the molecule is O=C1CCc2ccc(I)cc2CC1. The summed E-state index contributed by atoms with van der Waals surface area (Å²) in [7, 11) is 0. The molecule has 0 aliphatic heterocycles. The lowest BCUT2D eigenvalue weighted by Crippen LogP contribution is -1.95. The van der Waals surface area contributed by atoms with Gasteiger partial charge in [0.15, 0.2) is 0 Å². The van der Waals surface area contributed by atoms with E-state index in [0.717, 1.165) is 25.7 Å². The van der Waals surface area contributed by atoms with Crippen molar-refractivity contribution in [2.24, 2.45) is 0 Å². The molecule has 2 heteroatoms. The molecule has 13 heavy (non-hydrogen) atoms. The number of fused-ring (bicyclic) bond motifs is 1. The molecule has 0 heterocycles.